The molecule has 0 bridgehead atoms. The topological polar surface area (TPSA) is 62.1 Å². The molecule has 0 aliphatic carbocycles. The van der Waals surface area contributed by atoms with Crippen LogP contribution < -0.4 is 0 Å². The zero-order valence-electron chi connectivity index (χ0n) is 9.91. The van der Waals surface area contributed by atoms with Gasteiger partial charge in [0.1, 0.15) is 5.75 Å². The van der Waals surface area contributed by atoms with Gasteiger partial charge in [-0.1, -0.05) is 0 Å². The van der Waals surface area contributed by atoms with Crippen molar-refractivity contribution < 1.29 is 5.11 Å². The molecular formula is C12H13BrN4O. The molecule has 0 unspecified atom stereocenters. The molecule has 0 aromatic carbocycles. The van der Waals surface area contributed by atoms with Crippen molar-refractivity contribution in [1.29, 1.82) is 0 Å². The highest BCUT2D eigenvalue weighted by atomic mass is 79.9. The van der Waals surface area contributed by atoms with Crippen LogP contribution in [-0.2, 0) is 13.1 Å². The normalized spacial score (nSPS) is 10.8. The second kappa shape index (κ2) is 5.88. The Morgan fingerprint density at radius 2 is 2.06 bits per heavy atom. The number of pyridine rings is 1. The van der Waals surface area contributed by atoms with Gasteiger partial charge in [-0.2, -0.15) is 0 Å². The Morgan fingerprint density at radius 3 is 2.72 bits per heavy atom. The monoisotopic (exact) mass is 308 g/mol. The van der Waals surface area contributed by atoms with Gasteiger partial charge in [0.05, 0.1) is 11.4 Å². The third-order valence-corrected chi connectivity index (χ3v) is 2.82. The largest absolute Gasteiger partial charge is 0.506 e. The lowest BCUT2D eigenvalue weighted by molar-refractivity contribution is 0.304. The second-order valence-corrected chi connectivity index (χ2v) is 4.90. The molecule has 2 heterocycles. The molecular weight excluding hydrogens is 296 g/mol. The fourth-order valence-corrected chi connectivity index (χ4v) is 1.90. The van der Waals surface area contributed by atoms with Crippen molar-refractivity contribution in [2.24, 2.45) is 0 Å². The Morgan fingerprint density at radius 1 is 1.22 bits per heavy atom. The predicted octanol–water partition coefficient (Wildman–Crippen LogP) is 1.97. The maximum Gasteiger partial charge on any atom is 0.139 e. The molecule has 0 atom stereocenters. The summed E-state index contributed by atoms with van der Waals surface area (Å²) >= 11 is 3.26. The summed E-state index contributed by atoms with van der Waals surface area (Å²) in [6.45, 7) is 1.21. The third-order valence-electron chi connectivity index (χ3n) is 2.38. The van der Waals surface area contributed by atoms with Crippen LogP contribution in [0.15, 0.2) is 35.3 Å². The van der Waals surface area contributed by atoms with E-state index in [-0.39, 0.29) is 5.75 Å². The van der Waals surface area contributed by atoms with Crippen molar-refractivity contribution in [1.82, 2.24) is 19.9 Å². The minimum atomic E-state index is 0.190. The molecule has 0 aliphatic rings. The van der Waals surface area contributed by atoms with Gasteiger partial charge in [-0.25, -0.2) is 0 Å². The van der Waals surface area contributed by atoms with Crippen LogP contribution in [-0.4, -0.2) is 32.0 Å². The molecule has 6 heteroatoms. The second-order valence-electron chi connectivity index (χ2n) is 3.99. The van der Waals surface area contributed by atoms with Crippen molar-refractivity contribution in [2.45, 2.75) is 13.1 Å². The van der Waals surface area contributed by atoms with Crippen LogP contribution in [0.1, 0.15) is 11.4 Å². The van der Waals surface area contributed by atoms with Crippen LogP contribution in [0.5, 0.6) is 5.75 Å². The molecule has 0 radical (unpaired) electrons. The lowest BCUT2D eigenvalue weighted by Gasteiger charge is -2.16. The Labute approximate surface area is 114 Å². The first-order valence-corrected chi connectivity index (χ1v) is 6.21. The highest BCUT2D eigenvalue weighted by Crippen LogP contribution is 2.20. The number of aromatic hydroxyl groups is 1. The van der Waals surface area contributed by atoms with Crippen LogP contribution in [0, 0.1) is 0 Å². The fourth-order valence-electron chi connectivity index (χ4n) is 1.58. The van der Waals surface area contributed by atoms with E-state index >= 15 is 0 Å². The molecule has 0 fully saturated rings. The van der Waals surface area contributed by atoms with Crippen LogP contribution in [0.2, 0.25) is 0 Å². The summed E-state index contributed by atoms with van der Waals surface area (Å²) in [5, 5.41) is 9.76. The molecule has 0 amide bonds. The average Bonchev–Trinajstić information content (AvgIpc) is 2.34. The van der Waals surface area contributed by atoms with Gasteiger partial charge in [0, 0.05) is 42.3 Å². The zero-order chi connectivity index (χ0) is 13.0. The zero-order valence-corrected chi connectivity index (χ0v) is 11.5. The van der Waals surface area contributed by atoms with E-state index in [9.17, 15) is 5.11 Å². The van der Waals surface area contributed by atoms with Gasteiger partial charge in [-0.15, -0.1) is 0 Å². The number of aromatic nitrogens is 3. The van der Waals surface area contributed by atoms with E-state index in [1.165, 1.54) is 0 Å². The Balaban J connectivity index is 2.01. The number of halogens is 1. The Hall–Kier alpha value is -1.53. The van der Waals surface area contributed by atoms with Crippen molar-refractivity contribution in [2.75, 3.05) is 7.05 Å². The summed E-state index contributed by atoms with van der Waals surface area (Å²) in [6.07, 6.45) is 6.71. The first-order valence-electron chi connectivity index (χ1n) is 5.42. The molecule has 1 N–H and O–H groups in total. The summed E-state index contributed by atoms with van der Waals surface area (Å²) in [6, 6.07) is 1.64. The summed E-state index contributed by atoms with van der Waals surface area (Å²) in [5.74, 6) is 0.190. The minimum absolute atomic E-state index is 0.190. The molecule has 0 aliphatic heterocycles. The van der Waals surface area contributed by atoms with Gasteiger partial charge >= 0.3 is 0 Å². The van der Waals surface area contributed by atoms with Gasteiger partial charge in [0.15, 0.2) is 0 Å². The third kappa shape index (κ3) is 3.48. The molecule has 5 nitrogen and oxygen atoms in total. The van der Waals surface area contributed by atoms with E-state index < -0.39 is 0 Å². The smallest absolute Gasteiger partial charge is 0.139 e. The summed E-state index contributed by atoms with van der Waals surface area (Å²) in [4.78, 5) is 14.4. The van der Waals surface area contributed by atoms with Gasteiger partial charge in [-0.05, 0) is 29.0 Å². The van der Waals surface area contributed by atoms with E-state index in [1.807, 2.05) is 11.9 Å². The first-order chi connectivity index (χ1) is 8.65. The van der Waals surface area contributed by atoms with Crippen LogP contribution in [0.25, 0.3) is 0 Å². The van der Waals surface area contributed by atoms with E-state index in [0.29, 0.717) is 18.8 Å². The molecule has 2 aromatic rings. The maximum absolute atomic E-state index is 9.76. The van der Waals surface area contributed by atoms with E-state index in [2.05, 4.69) is 30.9 Å². The van der Waals surface area contributed by atoms with Gasteiger partial charge in [0.25, 0.3) is 0 Å². The fraction of sp³-hybridized carbons (Fsp3) is 0.250. The lowest BCUT2D eigenvalue weighted by atomic mass is 10.3. The summed E-state index contributed by atoms with van der Waals surface area (Å²) in [7, 11) is 1.94. The van der Waals surface area contributed by atoms with Crippen molar-refractivity contribution in [3.05, 3.63) is 46.7 Å². The first kappa shape index (κ1) is 12.9. The molecule has 0 spiro atoms. The average molecular weight is 309 g/mol. The van der Waals surface area contributed by atoms with Crippen molar-refractivity contribution in [3.63, 3.8) is 0 Å². The molecule has 0 saturated carbocycles. The minimum Gasteiger partial charge on any atom is -0.506 e. The highest BCUT2D eigenvalue weighted by Gasteiger charge is 2.08. The van der Waals surface area contributed by atoms with Crippen LogP contribution >= 0.6 is 15.9 Å². The van der Waals surface area contributed by atoms with Gasteiger partial charge < -0.3 is 5.11 Å². The quantitative estimate of drug-likeness (QED) is 0.935. The predicted molar refractivity (Wildman–Crippen MR) is 70.8 cm³/mol. The molecule has 18 heavy (non-hydrogen) atoms. The van der Waals surface area contributed by atoms with E-state index in [0.717, 1.165) is 10.2 Å². The van der Waals surface area contributed by atoms with Crippen molar-refractivity contribution >= 4 is 15.9 Å². The lowest BCUT2D eigenvalue weighted by Crippen LogP contribution is -2.18. The highest BCUT2D eigenvalue weighted by molar-refractivity contribution is 9.10. The Bertz CT molecular complexity index is 521. The molecule has 2 rings (SSSR count). The number of hydrogen-bond donors (Lipinski definition) is 1. The maximum atomic E-state index is 9.76. The van der Waals surface area contributed by atoms with E-state index in [4.69, 9.17) is 0 Å². The Kier molecular flexibility index (Phi) is 4.22. The number of rotatable bonds is 4. The molecule has 2 aromatic heterocycles. The van der Waals surface area contributed by atoms with E-state index in [1.54, 1.807) is 30.9 Å². The van der Waals surface area contributed by atoms with Crippen LogP contribution in [0.4, 0.5) is 0 Å². The van der Waals surface area contributed by atoms with Crippen molar-refractivity contribution in [3.8, 4) is 5.75 Å². The van der Waals surface area contributed by atoms with Crippen LogP contribution in [0.3, 0.4) is 0 Å². The summed E-state index contributed by atoms with van der Waals surface area (Å²) < 4.78 is 0.764. The molecule has 94 valence electrons. The van der Waals surface area contributed by atoms with Gasteiger partial charge in [-0.3, -0.25) is 19.9 Å². The summed E-state index contributed by atoms with van der Waals surface area (Å²) in [5.41, 5.74) is 1.53. The SMILES string of the molecule is CN(Cc1cnccn1)Cc1ncc(Br)cc1O. The number of hydrogen-bond acceptors (Lipinski definition) is 5. The van der Waals surface area contributed by atoms with Gasteiger partial charge in [0.2, 0.25) is 0 Å². The molecule has 0 saturated heterocycles. The standard InChI is InChI=1S/C12H13BrN4O/c1-17(7-10-6-14-2-3-15-10)8-11-12(18)4-9(13)5-16-11/h2-6,18H,7-8H2,1H3. The number of nitrogens with zero attached hydrogens (tertiary/aromatic N) is 4.